The maximum Gasteiger partial charge on any atom is 0.269 e. The van der Waals surface area contributed by atoms with Gasteiger partial charge < -0.3 is 10.6 Å². The highest BCUT2D eigenvalue weighted by Gasteiger charge is 2.27. The summed E-state index contributed by atoms with van der Waals surface area (Å²) in [6, 6.07) is 6.30. The minimum Gasteiger partial charge on any atom is -0.342 e. The van der Waals surface area contributed by atoms with E-state index >= 15 is 0 Å². The molecule has 1 aromatic rings. The summed E-state index contributed by atoms with van der Waals surface area (Å²) in [7, 11) is 0. The van der Waals surface area contributed by atoms with Crippen LogP contribution in [0.2, 0.25) is 0 Å². The average molecular weight is 291 g/mol. The lowest BCUT2D eigenvalue weighted by atomic mass is 9.94. The molecule has 2 rings (SSSR count). The molecule has 1 aliphatic rings. The molecule has 0 radical (unpaired) electrons. The first kappa shape index (κ1) is 15.4. The van der Waals surface area contributed by atoms with E-state index in [4.69, 9.17) is 5.73 Å². The van der Waals surface area contributed by atoms with Gasteiger partial charge in [-0.05, 0) is 37.8 Å². The van der Waals surface area contributed by atoms with Crippen LogP contribution in [0.5, 0.6) is 0 Å². The molecule has 6 nitrogen and oxygen atoms in total. The van der Waals surface area contributed by atoms with E-state index in [1.54, 1.807) is 19.1 Å². The Morgan fingerprint density at radius 2 is 2.33 bits per heavy atom. The summed E-state index contributed by atoms with van der Waals surface area (Å²) in [5.41, 5.74) is 6.40. The van der Waals surface area contributed by atoms with Crippen molar-refractivity contribution in [3.05, 3.63) is 39.9 Å². The average Bonchev–Trinajstić information content (AvgIpc) is 2.53. The third kappa shape index (κ3) is 3.58. The van der Waals surface area contributed by atoms with Gasteiger partial charge in [-0.15, -0.1) is 0 Å². The second kappa shape index (κ2) is 6.67. The lowest BCUT2D eigenvalue weighted by Gasteiger charge is -2.34. The van der Waals surface area contributed by atoms with Gasteiger partial charge in [0, 0.05) is 25.2 Å². The van der Waals surface area contributed by atoms with Gasteiger partial charge in [-0.3, -0.25) is 14.9 Å². The number of carbonyl (C=O) groups excluding carboxylic acids is 1. The summed E-state index contributed by atoms with van der Waals surface area (Å²) in [6.45, 7) is 3.83. The van der Waals surface area contributed by atoms with E-state index in [0.717, 1.165) is 19.4 Å². The first-order valence-corrected chi connectivity index (χ1v) is 7.26. The quantitative estimate of drug-likeness (QED) is 0.677. The van der Waals surface area contributed by atoms with Crippen molar-refractivity contribution < 1.29 is 9.72 Å². The summed E-state index contributed by atoms with van der Waals surface area (Å²) >= 11 is 0. The molecule has 21 heavy (non-hydrogen) atoms. The summed E-state index contributed by atoms with van der Waals surface area (Å²) < 4.78 is 0. The predicted octanol–water partition coefficient (Wildman–Crippen LogP) is 1.90. The number of piperidine rings is 1. The Morgan fingerprint density at radius 1 is 1.57 bits per heavy atom. The molecule has 2 atom stereocenters. The van der Waals surface area contributed by atoms with Crippen molar-refractivity contribution in [3.63, 3.8) is 0 Å². The van der Waals surface area contributed by atoms with E-state index in [1.165, 1.54) is 12.1 Å². The monoisotopic (exact) mass is 291 g/mol. The topological polar surface area (TPSA) is 89.5 Å². The van der Waals surface area contributed by atoms with Crippen molar-refractivity contribution >= 4 is 11.6 Å². The molecule has 0 bridgehead atoms. The fraction of sp³-hybridized carbons (Fsp3) is 0.533. The molecule has 0 aromatic heterocycles. The molecule has 1 fully saturated rings. The number of amides is 1. The van der Waals surface area contributed by atoms with E-state index in [-0.39, 0.29) is 17.5 Å². The fourth-order valence-electron chi connectivity index (χ4n) is 2.78. The molecule has 1 amide bonds. The Labute approximate surface area is 124 Å². The van der Waals surface area contributed by atoms with Crippen LogP contribution in [-0.4, -0.2) is 35.4 Å². The van der Waals surface area contributed by atoms with E-state index in [0.29, 0.717) is 24.6 Å². The molecule has 0 aliphatic carbocycles. The van der Waals surface area contributed by atoms with E-state index < -0.39 is 4.92 Å². The number of benzene rings is 1. The Hall–Kier alpha value is -1.95. The van der Waals surface area contributed by atoms with Gasteiger partial charge in [-0.25, -0.2) is 0 Å². The van der Waals surface area contributed by atoms with E-state index in [1.807, 2.05) is 4.90 Å². The van der Waals surface area contributed by atoms with Crippen LogP contribution in [0.4, 0.5) is 5.69 Å². The SMILES string of the molecule is CC(C(=O)N1CCCC(CN)C1)c1cccc([N+](=O)[O-])c1. The molecule has 0 spiro atoms. The highest BCUT2D eigenvalue weighted by Crippen LogP contribution is 2.25. The maximum atomic E-state index is 12.6. The highest BCUT2D eigenvalue weighted by atomic mass is 16.6. The van der Waals surface area contributed by atoms with Crippen LogP contribution >= 0.6 is 0 Å². The summed E-state index contributed by atoms with van der Waals surface area (Å²) in [6.07, 6.45) is 2.03. The standard InChI is InChI=1S/C15H21N3O3/c1-11(13-5-2-6-14(8-13)18(20)21)15(19)17-7-3-4-12(9-16)10-17/h2,5-6,8,11-12H,3-4,7,9-10,16H2,1H3. The Kier molecular flexibility index (Phi) is 4.90. The highest BCUT2D eigenvalue weighted by molar-refractivity contribution is 5.83. The Balaban J connectivity index is 2.11. The van der Waals surface area contributed by atoms with E-state index in [2.05, 4.69) is 0 Å². The minimum absolute atomic E-state index is 0.0191. The summed E-state index contributed by atoms with van der Waals surface area (Å²) in [4.78, 5) is 24.8. The molecule has 1 saturated heterocycles. The fourth-order valence-corrected chi connectivity index (χ4v) is 2.78. The Bertz CT molecular complexity index is 533. The van der Waals surface area contributed by atoms with Gasteiger partial charge in [-0.1, -0.05) is 12.1 Å². The molecule has 1 heterocycles. The van der Waals surface area contributed by atoms with Gasteiger partial charge in [0.05, 0.1) is 10.8 Å². The number of hydrogen-bond acceptors (Lipinski definition) is 4. The van der Waals surface area contributed by atoms with Gasteiger partial charge in [-0.2, -0.15) is 0 Å². The van der Waals surface area contributed by atoms with Gasteiger partial charge in [0.15, 0.2) is 0 Å². The number of nitrogens with two attached hydrogens (primary N) is 1. The van der Waals surface area contributed by atoms with Crippen molar-refractivity contribution in [1.82, 2.24) is 4.90 Å². The second-order valence-electron chi connectivity index (χ2n) is 5.60. The Morgan fingerprint density at radius 3 is 3.00 bits per heavy atom. The molecule has 114 valence electrons. The lowest BCUT2D eigenvalue weighted by Crippen LogP contribution is -2.43. The first-order chi connectivity index (χ1) is 10.0. The lowest BCUT2D eigenvalue weighted by molar-refractivity contribution is -0.384. The van der Waals surface area contributed by atoms with Crippen LogP contribution in [0.3, 0.4) is 0 Å². The molecule has 2 unspecified atom stereocenters. The van der Waals surface area contributed by atoms with Crippen LogP contribution in [0.15, 0.2) is 24.3 Å². The number of likely N-dealkylation sites (tertiary alicyclic amines) is 1. The molecular weight excluding hydrogens is 270 g/mol. The van der Waals surface area contributed by atoms with Gasteiger partial charge >= 0.3 is 0 Å². The van der Waals surface area contributed by atoms with Crippen molar-refractivity contribution in [2.45, 2.75) is 25.7 Å². The number of rotatable bonds is 4. The zero-order valence-electron chi connectivity index (χ0n) is 12.2. The van der Waals surface area contributed by atoms with Crippen LogP contribution in [0.1, 0.15) is 31.2 Å². The summed E-state index contributed by atoms with van der Waals surface area (Å²) in [5, 5.41) is 10.8. The van der Waals surface area contributed by atoms with Gasteiger partial charge in [0.2, 0.25) is 5.91 Å². The number of nitro benzene ring substituents is 1. The third-order valence-electron chi connectivity index (χ3n) is 4.12. The summed E-state index contributed by atoms with van der Waals surface area (Å²) in [5.74, 6) is 0.00934. The molecule has 2 N–H and O–H groups in total. The zero-order valence-corrected chi connectivity index (χ0v) is 12.2. The van der Waals surface area contributed by atoms with Crippen molar-refractivity contribution in [3.8, 4) is 0 Å². The molecule has 1 aromatic carbocycles. The number of nitrogens with zero attached hydrogens (tertiary/aromatic N) is 2. The van der Waals surface area contributed by atoms with Crippen LogP contribution in [0.25, 0.3) is 0 Å². The zero-order chi connectivity index (χ0) is 15.4. The largest absolute Gasteiger partial charge is 0.342 e. The number of nitro groups is 1. The van der Waals surface area contributed by atoms with Crippen molar-refractivity contribution in [2.75, 3.05) is 19.6 Å². The minimum atomic E-state index is -0.438. The second-order valence-corrected chi connectivity index (χ2v) is 5.60. The molecular formula is C15H21N3O3. The van der Waals surface area contributed by atoms with E-state index in [9.17, 15) is 14.9 Å². The normalized spacial score (nSPS) is 20.1. The van der Waals surface area contributed by atoms with Gasteiger partial charge in [0.25, 0.3) is 5.69 Å². The van der Waals surface area contributed by atoms with Crippen molar-refractivity contribution in [1.29, 1.82) is 0 Å². The number of non-ortho nitro benzene ring substituents is 1. The van der Waals surface area contributed by atoms with Crippen molar-refractivity contribution in [2.24, 2.45) is 11.7 Å². The molecule has 0 saturated carbocycles. The van der Waals surface area contributed by atoms with Crippen LogP contribution in [-0.2, 0) is 4.79 Å². The molecule has 6 heteroatoms. The maximum absolute atomic E-state index is 12.6. The third-order valence-corrected chi connectivity index (χ3v) is 4.12. The van der Waals surface area contributed by atoms with Crippen LogP contribution in [0, 0.1) is 16.0 Å². The van der Waals surface area contributed by atoms with Crippen LogP contribution < -0.4 is 5.73 Å². The van der Waals surface area contributed by atoms with Gasteiger partial charge in [0.1, 0.15) is 0 Å². The number of carbonyl (C=O) groups is 1. The molecule has 1 aliphatic heterocycles. The number of hydrogen-bond donors (Lipinski definition) is 1. The first-order valence-electron chi connectivity index (χ1n) is 7.26. The smallest absolute Gasteiger partial charge is 0.269 e. The predicted molar refractivity (Wildman–Crippen MR) is 79.9 cm³/mol.